The molecule has 2 aromatic heterocycles. The molecule has 0 saturated carbocycles. The van der Waals surface area contributed by atoms with Gasteiger partial charge in [-0.3, -0.25) is 14.8 Å². The number of benzene rings is 4. The summed E-state index contributed by atoms with van der Waals surface area (Å²) >= 11 is 11.8. The summed E-state index contributed by atoms with van der Waals surface area (Å²) in [6.45, 7) is 0.400. The molecule has 6 aromatic rings. The minimum Gasteiger partial charge on any atom is -0.288 e. The lowest BCUT2D eigenvalue weighted by Crippen LogP contribution is -2.25. The highest BCUT2D eigenvalue weighted by Gasteiger charge is 2.21. The Labute approximate surface area is 312 Å². The summed E-state index contributed by atoms with van der Waals surface area (Å²) < 4.78 is 55.7. The van der Waals surface area contributed by atoms with E-state index < -0.39 is 20.0 Å². The molecule has 2 N–H and O–H groups in total. The van der Waals surface area contributed by atoms with Crippen molar-refractivity contribution in [2.45, 2.75) is 22.6 Å². The standard InChI is InChI=1S/C39H32Cl2N4O5S2/c40-31-13-17-33(18-14-31)51(47,48)44-25-21-27-5-9-29(10-6-27)37-35(3-1-23-42-37)39(46)36-4-2-24-43-38(36)30-11-7-28(8-12-30)22-26-45-52(49,50)34-19-15-32(41)16-20-34/h1-20,23-24,44-45H,21-22,25-26H2. The van der Waals surface area contributed by atoms with Gasteiger partial charge in [0, 0.05) is 57.8 Å². The predicted octanol–water partition coefficient (Wildman–Crippen LogP) is 7.39. The number of sulfonamides is 2. The summed E-state index contributed by atoms with van der Waals surface area (Å²) in [4.78, 5) is 23.5. The van der Waals surface area contributed by atoms with Gasteiger partial charge in [0.1, 0.15) is 0 Å². The molecule has 2 heterocycles. The molecule has 0 aliphatic rings. The Morgan fingerprint density at radius 1 is 0.519 bits per heavy atom. The van der Waals surface area contributed by atoms with Crippen molar-refractivity contribution in [2.75, 3.05) is 13.1 Å². The maximum Gasteiger partial charge on any atom is 0.240 e. The summed E-state index contributed by atoms with van der Waals surface area (Å²) in [5.74, 6) is -0.243. The number of nitrogens with zero attached hydrogens (tertiary/aromatic N) is 2. The van der Waals surface area contributed by atoms with Crippen molar-refractivity contribution in [2.24, 2.45) is 0 Å². The molecule has 0 radical (unpaired) electrons. The molecule has 13 heteroatoms. The Morgan fingerprint density at radius 3 is 1.25 bits per heavy atom. The fourth-order valence-electron chi connectivity index (χ4n) is 5.49. The normalized spacial score (nSPS) is 11.7. The first-order chi connectivity index (χ1) is 25.0. The van der Waals surface area contributed by atoms with Gasteiger partial charge >= 0.3 is 0 Å². The zero-order valence-corrected chi connectivity index (χ0v) is 30.7. The molecule has 0 bridgehead atoms. The Bertz CT molecular complexity index is 2240. The van der Waals surface area contributed by atoms with Crippen molar-refractivity contribution in [1.82, 2.24) is 19.4 Å². The zero-order chi connectivity index (χ0) is 36.7. The molecule has 0 amide bonds. The molecule has 0 unspecified atom stereocenters. The van der Waals surface area contributed by atoms with Gasteiger partial charge in [-0.15, -0.1) is 0 Å². The summed E-state index contributed by atoms with van der Waals surface area (Å²) in [7, 11) is -7.34. The number of hydrogen-bond donors (Lipinski definition) is 2. The number of pyridine rings is 2. The maximum absolute atomic E-state index is 14.1. The minimum atomic E-state index is -3.67. The first-order valence-corrected chi connectivity index (χ1v) is 19.9. The van der Waals surface area contributed by atoms with Crippen molar-refractivity contribution < 1.29 is 21.6 Å². The minimum absolute atomic E-state index is 0.141. The highest BCUT2D eigenvalue weighted by atomic mass is 35.5. The lowest BCUT2D eigenvalue weighted by molar-refractivity contribution is 0.103. The van der Waals surface area contributed by atoms with Crippen LogP contribution in [0.4, 0.5) is 0 Å². The molecule has 264 valence electrons. The van der Waals surface area contributed by atoms with E-state index in [9.17, 15) is 21.6 Å². The largest absolute Gasteiger partial charge is 0.288 e. The summed E-state index contributed by atoms with van der Waals surface area (Å²) in [5, 5.41) is 0.913. The topological polar surface area (TPSA) is 135 Å². The van der Waals surface area contributed by atoms with E-state index in [4.69, 9.17) is 23.2 Å². The fraction of sp³-hybridized carbons (Fsp3) is 0.103. The van der Waals surface area contributed by atoms with E-state index in [2.05, 4.69) is 19.4 Å². The van der Waals surface area contributed by atoms with Gasteiger partial charge in [-0.05, 0) is 96.8 Å². The van der Waals surface area contributed by atoms with E-state index in [1.165, 1.54) is 48.5 Å². The van der Waals surface area contributed by atoms with Crippen molar-refractivity contribution >= 4 is 49.0 Å². The van der Waals surface area contributed by atoms with E-state index in [1.807, 2.05) is 48.5 Å². The second kappa shape index (κ2) is 16.3. The van der Waals surface area contributed by atoms with Crippen LogP contribution in [0.5, 0.6) is 0 Å². The van der Waals surface area contributed by atoms with Crippen LogP contribution in [0.2, 0.25) is 10.0 Å². The lowest BCUT2D eigenvalue weighted by Gasteiger charge is -2.12. The molecule has 0 aliphatic carbocycles. The summed E-state index contributed by atoms with van der Waals surface area (Å²) in [6, 6.07) is 33.8. The number of hydrogen-bond acceptors (Lipinski definition) is 7. The average molecular weight is 772 g/mol. The third-order valence-electron chi connectivity index (χ3n) is 8.22. The zero-order valence-electron chi connectivity index (χ0n) is 27.5. The first-order valence-electron chi connectivity index (χ1n) is 16.1. The van der Waals surface area contributed by atoms with Crippen LogP contribution in [0.1, 0.15) is 27.0 Å². The lowest BCUT2D eigenvalue weighted by atomic mass is 9.94. The Balaban J connectivity index is 1.12. The van der Waals surface area contributed by atoms with Crippen LogP contribution in [0.3, 0.4) is 0 Å². The van der Waals surface area contributed by atoms with Crippen molar-refractivity contribution in [3.63, 3.8) is 0 Å². The molecule has 9 nitrogen and oxygen atoms in total. The quantitative estimate of drug-likeness (QED) is 0.110. The van der Waals surface area contributed by atoms with Gasteiger partial charge in [0.15, 0.2) is 5.78 Å². The molecule has 0 atom stereocenters. The molecule has 0 aliphatic heterocycles. The van der Waals surface area contributed by atoms with Crippen LogP contribution >= 0.6 is 23.2 Å². The number of carbonyl (C=O) groups excluding carboxylic acids is 1. The predicted molar refractivity (Wildman–Crippen MR) is 203 cm³/mol. The first kappa shape index (κ1) is 37.0. The van der Waals surface area contributed by atoms with E-state index in [0.717, 1.165) is 22.3 Å². The van der Waals surface area contributed by atoms with E-state index >= 15 is 0 Å². The van der Waals surface area contributed by atoms with E-state index in [-0.39, 0.29) is 28.7 Å². The SMILES string of the molecule is O=C(c1cccnc1-c1ccc(CCNS(=O)(=O)c2ccc(Cl)cc2)cc1)c1cccnc1-c1ccc(CCNS(=O)(=O)c2ccc(Cl)cc2)cc1. The third kappa shape index (κ3) is 8.99. The van der Waals surface area contributed by atoms with Gasteiger partial charge in [-0.2, -0.15) is 0 Å². The number of halogens is 2. The maximum atomic E-state index is 14.1. The second-order valence-electron chi connectivity index (χ2n) is 11.7. The van der Waals surface area contributed by atoms with E-state index in [1.54, 1.807) is 36.7 Å². The van der Waals surface area contributed by atoms with Crippen LogP contribution in [-0.4, -0.2) is 45.7 Å². The Hall–Kier alpha value is -4.75. The summed E-state index contributed by atoms with van der Waals surface area (Å²) in [5.41, 5.74) is 5.11. The Kier molecular flexibility index (Phi) is 11.6. The van der Waals surface area contributed by atoms with Gasteiger partial charge < -0.3 is 0 Å². The molecule has 0 fully saturated rings. The molecule has 0 saturated heterocycles. The number of nitrogens with one attached hydrogen (secondary N) is 2. The number of aromatic nitrogens is 2. The van der Waals surface area contributed by atoms with Crippen molar-refractivity contribution in [3.8, 4) is 22.5 Å². The van der Waals surface area contributed by atoms with Gasteiger partial charge in [-0.1, -0.05) is 71.7 Å². The average Bonchev–Trinajstić information content (AvgIpc) is 3.15. The highest BCUT2D eigenvalue weighted by molar-refractivity contribution is 7.89. The highest BCUT2D eigenvalue weighted by Crippen LogP contribution is 2.29. The number of ketones is 1. The van der Waals surface area contributed by atoms with Gasteiger partial charge in [0.05, 0.1) is 21.2 Å². The smallest absolute Gasteiger partial charge is 0.240 e. The molecule has 52 heavy (non-hydrogen) atoms. The Morgan fingerprint density at radius 2 is 0.885 bits per heavy atom. The van der Waals surface area contributed by atoms with Crippen LogP contribution in [-0.2, 0) is 32.9 Å². The number of rotatable bonds is 14. The molecule has 6 rings (SSSR count). The fourth-order valence-corrected chi connectivity index (χ4v) is 7.81. The van der Waals surface area contributed by atoms with Crippen LogP contribution in [0, 0.1) is 0 Å². The van der Waals surface area contributed by atoms with Crippen molar-refractivity contribution in [1.29, 1.82) is 0 Å². The van der Waals surface area contributed by atoms with Crippen LogP contribution in [0.25, 0.3) is 22.5 Å². The third-order valence-corrected chi connectivity index (χ3v) is 11.7. The van der Waals surface area contributed by atoms with Gasteiger partial charge in [0.2, 0.25) is 20.0 Å². The van der Waals surface area contributed by atoms with Crippen LogP contribution < -0.4 is 9.44 Å². The molecular weight excluding hydrogens is 739 g/mol. The van der Waals surface area contributed by atoms with Gasteiger partial charge in [-0.25, -0.2) is 26.3 Å². The van der Waals surface area contributed by atoms with Gasteiger partial charge in [0.25, 0.3) is 0 Å². The molecular formula is C39H32Cl2N4O5S2. The second-order valence-corrected chi connectivity index (χ2v) is 16.1. The monoisotopic (exact) mass is 770 g/mol. The molecule has 4 aromatic carbocycles. The van der Waals surface area contributed by atoms with Crippen LogP contribution in [0.15, 0.2) is 144 Å². The number of carbonyl (C=O) groups is 1. The van der Waals surface area contributed by atoms with Crippen molar-refractivity contribution in [3.05, 3.63) is 166 Å². The molecule has 0 spiro atoms. The van der Waals surface area contributed by atoms with E-state index in [0.29, 0.717) is 45.4 Å². The summed E-state index contributed by atoms with van der Waals surface area (Å²) in [6.07, 6.45) is 4.17.